The monoisotopic (exact) mass is 191 g/mol. The quantitative estimate of drug-likeness (QED) is 0.788. The van der Waals surface area contributed by atoms with E-state index in [9.17, 15) is 0 Å². The van der Waals surface area contributed by atoms with Gasteiger partial charge in [-0.2, -0.15) is 0 Å². The molecule has 0 spiro atoms. The number of imidazole rings is 1. The Morgan fingerprint density at radius 3 is 3.36 bits per heavy atom. The van der Waals surface area contributed by atoms with Crippen molar-refractivity contribution in [2.45, 2.75) is 44.8 Å². The third-order valence-corrected chi connectivity index (χ3v) is 3.58. The summed E-state index contributed by atoms with van der Waals surface area (Å²) in [7, 11) is 0. The maximum absolute atomic E-state index is 4.41. The number of aryl methyl sites for hydroxylation is 1. The molecule has 3 heteroatoms. The number of rotatable bonds is 3. The lowest BCUT2D eigenvalue weighted by molar-refractivity contribution is 0.496. The van der Waals surface area contributed by atoms with Crippen LogP contribution in [0.3, 0.4) is 0 Å². The first-order valence-corrected chi connectivity index (χ1v) is 5.65. The molecule has 3 atom stereocenters. The normalized spacial score (nSPS) is 34.5. The summed E-state index contributed by atoms with van der Waals surface area (Å²) in [5.74, 6) is 2.17. The van der Waals surface area contributed by atoms with Gasteiger partial charge in [0.15, 0.2) is 0 Å². The Balaban J connectivity index is 1.66. The summed E-state index contributed by atoms with van der Waals surface area (Å²) in [6.07, 6.45) is 7.90. The van der Waals surface area contributed by atoms with Gasteiger partial charge in [0.25, 0.3) is 0 Å². The zero-order valence-electron chi connectivity index (χ0n) is 8.61. The van der Waals surface area contributed by atoms with Gasteiger partial charge in [-0.05, 0) is 18.8 Å². The Hall–Kier alpha value is -0.830. The van der Waals surface area contributed by atoms with Crippen LogP contribution in [-0.2, 0) is 6.54 Å². The van der Waals surface area contributed by atoms with Crippen molar-refractivity contribution < 1.29 is 0 Å². The third kappa shape index (κ3) is 1.27. The molecule has 76 valence electrons. The van der Waals surface area contributed by atoms with Crippen molar-refractivity contribution in [3.63, 3.8) is 0 Å². The Labute approximate surface area is 84.5 Å². The van der Waals surface area contributed by atoms with E-state index in [0.29, 0.717) is 6.04 Å². The van der Waals surface area contributed by atoms with Gasteiger partial charge in [-0.3, -0.25) is 0 Å². The number of nitrogens with one attached hydrogen (secondary N) is 1. The Morgan fingerprint density at radius 1 is 1.64 bits per heavy atom. The molecule has 1 aliphatic heterocycles. The van der Waals surface area contributed by atoms with Gasteiger partial charge in [-0.1, -0.05) is 13.3 Å². The van der Waals surface area contributed by atoms with Crippen LogP contribution in [0.4, 0.5) is 0 Å². The van der Waals surface area contributed by atoms with Crippen LogP contribution < -0.4 is 5.32 Å². The molecule has 1 saturated carbocycles. The fourth-order valence-electron chi connectivity index (χ4n) is 2.54. The van der Waals surface area contributed by atoms with Crippen LogP contribution in [-0.4, -0.2) is 15.6 Å². The summed E-state index contributed by atoms with van der Waals surface area (Å²) in [5.41, 5.74) is 0. The van der Waals surface area contributed by atoms with Gasteiger partial charge in [0.1, 0.15) is 5.82 Å². The average Bonchev–Trinajstić information content (AvgIpc) is 2.58. The summed E-state index contributed by atoms with van der Waals surface area (Å²) >= 11 is 0. The predicted molar refractivity (Wildman–Crippen MR) is 54.9 cm³/mol. The summed E-state index contributed by atoms with van der Waals surface area (Å²) in [6.45, 7) is 3.42. The van der Waals surface area contributed by atoms with Gasteiger partial charge >= 0.3 is 0 Å². The Kier molecular flexibility index (Phi) is 1.87. The highest BCUT2D eigenvalue weighted by atomic mass is 15.2. The van der Waals surface area contributed by atoms with E-state index in [0.717, 1.165) is 18.5 Å². The fraction of sp³-hybridized carbons (Fsp3) is 0.727. The molecular weight excluding hydrogens is 174 g/mol. The van der Waals surface area contributed by atoms with Gasteiger partial charge < -0.3 is 9.88 Å². The smallest absolute Gasteiger partial charge is 0.125 e. The highest BCUT2D eigenvalue weighted by molar-refractivity contribution is 5.07. The van der Waals surface area contributed by atoms with E-state index in [-0.39, 0.29) is 0 Å². The van der Waals surface area contributed by atoms with E-state index in [1.54, 1.807) is 0 Å². The van der Waals surface area contributed by atoms with Crippen LogP contribution in [0.1, 0.15) is 38.1 Å². The number of hydrogen-bond acceptors (Lipinski definition) is 2. The van der Waals surface area contributed by atoms with E-state index < -0.39 is 0 Å². The number of nitrogens with zero attached hydrogens (tertiary/aromatic N) is 2. The minimum absolute atomic E-state index is 0.520. The maximum Gasteiger partial charge on any atom is 0.125 e. The summed E-state index contributed by atoms with van der Waals surface area (Å²) < 4.78 is 2.26. The predicted octanol–water partition coefficient (Wildman–Crippen LogP) is 1.72. The standard InChI is InChI=1S/C11H17N3/c1-2-8-7-10(8)13-9-3-5-14-6-4-12-11(9)14/h4,6,8-10,13H,2-3,5,7H2,1H3. The molecular formula is C11H17N3. The van der Waals surface area contributed by atoms with Crippen LogP contribution in [0.5, 0.6) is 0 Å². The van der Waals surface area contributed by atoms with Gasteiger partial charge in [0, 0.05) is 25.0 Å². The molecule has 0 saturated heterocycles. The number of hydrogen-bond donors (Lipinski definition) is 1. The van der Waals surface area contributed by atoms with Crippen LogP contribution in [0, 0.1) is 5.92 Å². The molecule has 0 amide bonds. The van der Waals surface area contributed by atoms with E-state index >= 15 is 0 Å². The SMILES string of the molecule is CCC1CC1NC1CCn2ccnc21. The molecule has 3 unspecified atom stereocenters. The lowest BCUT2D eigenvalue weighted by Gasteiger charge is -2.10. The first-order valence-electron chi connectivity index (χ1n) is 5.65. The molecule has 2 heterocycles. The van der Waals surface area contributed by atoms with E-state index in [1.807, 2.05) is 6.20 Å². The van der Waals surface area contributed by atoms with Crippen LogP contribution in [0.2, 0.25) is 0 Å². The molecule has 14 heavy (non-hydrogen) atoms. The zero-order chi connectivity index (χ0) is 9.54. The van der Waals surface area contributed by atoms with E-state index in [1.165, 1.54) is 25.1 Å². The minimum Gasteiger partial charge on any atom is -0.334 e. The maximum atomic E-state index is 4.41. The molecule has 1 aliphatic carbocycles. The first kappa shape index (κ1) is 8.48. The van der Waals surface area contributed by atoms with Crippen molar-refractivity contribution in [1.29, 1.82) is 0 Å². The molecule has 0 bridgehead atoms. The van der Waals surface area contributed by atoms with Gasteiger partial charge in [-0.25, -0.2) is 4.98 Å². The van der Waals surface area contributed by atoms with Crippen molar-refractivity contribution in [3.8, 4) is 0 Å². The molecule has 1 aromatic rings. The zero-order valence-corrected chi connectivity index (χ0v) is 8.61. The van der Waals surface area contributed by atoms with E-state index in [2.05, 4.69) is 28.0 Å². The van der Waals surface area contributed by atoms with E-state index in [4.69, 9.17) is 0 Å². The minimum atomic E-state index is 0.520. The van der Waals surface area contributed by atoms with Crippen molar-refractivity contribution in [2.24, 2.45) is 5.92 Å². The van der Waals surface area contributed by atoms with Crippen molar-refractivity contribution in [1.82, 2.24) is 14.9 Å². The van der Waals surface area contributed by atoms with Gasteiger partial charge in [0.05, 0.1) is 6.04 Å². The van der Waals surface area contributed by atoms with Gasteiger partial charge in [-0.15, -0.1) is 0 Å². The number of fused-ring (bicyclic) bond motifs is 1. The Morgan fingerprint density at radius 2 is 2.57 bits per heavy atom. The molecule has 2 aliphatic rings. The molecule has 1 N–H and O–H groups in total. The molecule has 1 fully saturated rings. The summed E-state index contributed by atoms with van der Waals surface area (Å²) in [5, 5.41) is 3.71. The largest absolute Gasteiger partial charge is 0.334 e. The molecule has 1 aromatic heterocycles. The fourth-order valence-corrected chi connectivity index (χ4v) is 2.54. The van der Waals surface area contributed by atoms with Crippen molar-refractivity contribution >= 4 is 0 Å². The lowest BCUT2D eigenvalue weighted by atomic mass is 10.2. The highest BCUT2D eigenvalue weighted by Crippen LogP contribution is 2.36. The van der Waals surface area contributed by atoms with Crippen molar-refractivity contribution in [3.05, 3.63) is 18.2 Å². The van der Waals surface area contributed by atoms with Crippen LogP contribution in [0.25, 0.3) is 0 Å². The molecule has 0 radical (unpaired) electrons. The first-order chi connectivity index (χ1) is 6.88. The highest BCUT2D eigenvalue weighted by Gasteiger charge is 2.38. The lowest BCUT2D eigenvalue weighted by Crippen LogP contribution is -2.23. The average molecular weight is 191 g/mol. The number of aromatic nitrogens is 2. The van der Waals surface area contributed by atoms with Crippen LogP contribution in [0.15, 0.2) is 12.4 Å². The van der Waals surface area contributed by atoms with Gasteiger partial charge in [0.2, 0.25) is 0 Å². The topological polar surface area (TPSA) is 29.9 Å². The summed E-state index contributed by atoms with van der Waals surface area (Å²) in [6, 6.07) is 1.29. The molecule has 0 aromatic carbocycles. The Bertz CT molecular complexity index is 331. The van der Waals surface area contributed by atoms with Crippen LogP contribution >= 0.6 is 0 Å². The summed E-state index contributed by atoms with van der Waals surface area (Å²) in [4.78, 5) is 4.41. The van der Waals surface area contributed by atoms with Crippen molar-refractivity contribution in [2.75, 3.05) is 0 Å². The third-order valence-electron chi connectivity index (χ3n) is 3.58. The molecule has 3 nitrogen and oxygen atoms in total. The second kappa shape index (κ2) is 3.09. The second-order valence-electron chi connectivity index (χ2n) is 4.50. The molecule has 3 rings (SSSR count). The second-order valence-corrected chi connectivity index (χ2v) is 4.50.